The lowest BCUT2D eigenvalue weighted by atomic mass is 10.0. The Hall–Kier alpha value is -2.43. The van der Waals surface area contributed by atoms with E-state index in [1.165, 1.54) is 18.2 Å². The summed E-state index contributed by atoms with van der Waals surface area (Å²) in [5, 5.41) is 3.04. The minimum Gasteiger partial charge on any atom is -0.378 e. The third-order valence-corrected chi connectivity index (χ3v) is 6.26. The van der Waals surface area contributed by atoms with Crippen molar-refractivity contribution in [1.29, 1.82) is 0 Å². The number of benzene rings is 2. The molecule has 2 aromatic rings. The number of rotatable bonds is 3. The fourth-order valence-electron chi connectivity index (χ4n) is 3.46. The Balaban J connectivity index is 1.57. The molecular weight excluding hydrogens is 407 g/mol. The molecule has 2 heterocycles. The van der Waals surface area contributed by atoms with E-state index in [9.17, 15) is 21.6 Å². The van der Waals surface area contributed by atoms with Crippen molar-refractivity contribution in [2.24, 2.45) is 4.40 Å². The SMILES string of the molecule is O=S1(=O)N=C(CN2CCOCC2c2ccc(C(F)(F)F)cc2)Nc2ccccc21. The van der Waals surface area contributed by atoms with Crippen molar-refractivity contribution >= 4 is 21.5 Å². The van der Waals surface area contributed by atoms with Crippen LogP contribution in [-0.4, -0.2) is 45.5 Å². The number of morpholine rings is 1. The van der Waals surface area contributed by atoms with Gasteiger partial charge in [0.2, 0.25) is 0 Å². The fourth-order valence-corrected chi connectivity index (χ4v) is 4.60. The number of para-hydroxylation sites is 1. The Labute approximate surface area is 166 Å². The van der Waals surface area contributed by atoms with E-state index < -0.39 is 21.8 Å². The number of nitrogens with zero attached hydrogens (tertiary/aromatic N) is 2. The standard InChI is InChI=1S/C19H18F3N3O3S/c20-19(21,22)14-7-5-13(6-8-14)16-12-28-10-9-25(16)11-18-23-15-3-1-2-4-17(15)29(26,27)24-18/h1-8,16H,9-12H2,(H,23,24). The van der Waals surface area contributed by atoms with Crippen LogP contribution in [0, 0.1) is 0 Å². The van der Waals surface area contributed by atoms with Crippen LogP contribution in [0.3, 0.4) is 0 Å². The van der Waals surface area contributed by atoms with Crippen molar-refractivity contribution < 1.29 is 26.3 Å². The maximum atomic E-state index is 12.8. The van der Waals surface area contributed by atoms with Crippen LogP contribution in [0.2, 0.25) is 0 Å². The largest absolute Gasteiger partial charge is 0.416 e. The molecule has 4 rings (SSSR count). The molecule has 1 unspecified atom stereocenters. The number of hydrogen-bond donors (Lipinski definition) is 1. The third-order valence-electron chi connectivity index (χ3n) is 4.89. The molecule has 0 spiro atoms. The van der Waals surface area contributed by atoms with Gasteiger partial charge in [0.05, 0.1) is 37.1 Å². The van der Waals surface area contributed by atoms with E-state index in [1.807, 2.05) is 4.90 Å². The lowest BCUT2D eigenvalue weighted by Crippen LogP contribution is -2.44. The summed E-state index contributed by atoms with van der Waals surface area (Å²) < 4.78 is 72.7. The number of sulfonamides is 1. The average molecular weight is 425 g/mol. The first-order valence-corrected chi connectivity index (χ1v) is 10.4. The van der Waals surface area contributed by atoms with Gasteiger partial charge in [-0.3, -0.25) is 4.90 Å². The lowest BCUT2D eigenvalue weighted by Gasteiger charge is -2.36. The number of amidine groups is 1. The topological polar surface area (TPSA) is 71.0 Å². The number of anilines is 1. The van der Waals surface area contributed by atoms with E-state index in [0.717, 1.165) is 12.1 Å². The van der Waals surface area contributed by atoms with Gasteiger partial charge in [-0.15, -0.1) is 4.40 Å². The molecule has 29 heavy (non-hydrogen) atoms. The van der Waals surface area contributed by atoms with Gasteiger partial charge in [0.1, 0.15) is 10.7 Å². The molecule has 2 aromatic carbocycles. The van der Waals surface area contributed by atoms with Gasteiger partial charge in [-0.2, -0.15) is 21.6 Å². The fraction of sp³-hybridized carbons (Fsp3) is 0.316. The number of halogens is 3. The van der Waals surface area contributed by atoms with Gasteiger partial charge in [-0.1, -0.05) is 24.3 Å². The Bertz CT molecular complexity index is 1040. The molecule has 1 atom stereocenters. The molecule has 0 radical (unpaired) electrons. The second kappa shape index (κ2) is 7.43. The third kappa shape index (κ3) is 4.14. The summed E-state index contributed by atoms with van der Waals surface area (Å²) in [6.45, 7) is 1.42. The quantitative estimate of drug-likeness (QED) is 0.817. The average Bonchev–Trinajstić information content (AvgIpc) is 2.67. The summed E-state index contributed by atoms with van der Waals surface area (Å²) in [5.74, 6) is 0.266. The first-order valence-electron chi connectivity index (χ1n) is 8.93. The Morgan fingerprint density at radius 1 is 1.14 bits per heavy atom. The molecule has 2 aliphatic rings. The van der Waals surface area contributed by atoms with Crippen molar-refractivity contribution in [3.8, 4) is 0 Å². The van der Waals surface area contributed by atoms with Crippen molar-refractivity contribution in [2.75, 3.05) is 31.6 Å². The molecule has 0 saturated carbocycles. The van der Waals surface area contributed by atoms with Gasteiger partial charge in [0.25, 0.3) is 10.0 Å². The molecule has 10 heteroatoms. The number of nitrogens with one attached hydrogen (secondary N) is 1. The number of alkyl halides is 3. The number of fused-ring (bicyclic) bond motifs is 1. The lowest BCUT2D eigenvalue weighted by molar-refractivity contribution is -0.137. The molecule has 0 aliphatic carbocycles. The second-order valence-electron chi connectivity index (χ2n) is 6.82. The zero-order chi connectivity index (χ0) is 20.6. The monoisotopic (exact) mass is 425 g/mol. The molecule has 0 amide bonds. The van der Waals surface area contributed by atoms with Crippen LogP contribution in [0.5, 0.6) is 0 Å². The highest BCUT2D eigenvalue weighted by Gasteiger charge is 2.32. The van der Waals surface area contributed by atoms with Crippen LogP contribution in [0.4, 0.5) is 18.9 Å². The Morgan fingerprint density at radius 3 is 2.59 bits per heavy atom. The molecule has 0 aromatic heterocycles. The molecule has 0 bridgehead atoms. The van der Waals surface area contributed by atoms with Crippen LogP contribution >= 0.6 is 0 Å². The molecule has 1 N–H and O–H groups in total. The van der Waals surface area contributed by atoms with Gasteiger partial charge in [-0.05, 0) is 29.8 Å². The maximum Gasteiger partial charge on any atom is 0.416 e. The minimum atomic E-state index is -4.40. The van der Waals surface area contributed by atoms with E-state index in [2.05, 4.69) is 9.71 Å². The van der Waals surface area contributed by atoms with Gasteiger partial charge < -0.3 is 10.1 Å². The van der Waals surface area contributed by atoms with E-state index in [0.29, 0.717) is 31.0 Å². The van der Waals surface area contributed by atoms with Gasteiger partial charge in [-0.25, -0.2) is 0 Å². The van der Waals surface area contributed by atoms with E-state index >= 15 is 0 Å². The van der Waals surface area contributed by atoms with Gasteiger partial charge in [0, 0.05) is 6.54 Å². The number of ether oxygens (including phenoxy) is 1. The Morgan fingerprint density at radius 2 is 1.86 bits per heavy atom. The smallest absolute Gasteiger partial charge is 0.378 e. The first kappa shape index (κ1) is 19.9. The second-order valence-corrected chi connectivity index (χ2v) is 8.39. The number of hydrogen-bond acceptors (Lipinski definition) is 5. The summed E-state index contributed by atoms with van der Waals surface area (Å²) in [5.41, 5.74) is 0.403. The minimum absolute atomic E-state index is 0.116. The van der Waals surface area contributed by atoms with E-state index in [1.54, 1.807) is 18.2 Å². The molecule has 154 valence electrons. The molecule has 6 nitrogen and oxygen atoms in total. The highest BCUT2D eigenvalue weighted by atomic mass is 32.2. The summed E-state index contributed by atoms with van der Waals surface area (Å²) in [6, 6.07) is 11.1. The van der Waals surface area contributed by atoms with Crippen molar-refractivity contribution in [2.45, 2.75) is 17.1 Å². The summed E-state index contributed by atoms with van der Waals surface area (Å²) in [4.78, 5) is 2.06. The summed E-state index contributed by atoms with van der Waals surface area (Å²) >= 11 is 0. The zero-order valence-electron chi connectivity index (χ0n) is 15.2. The predicted octanol–water partition coefficient (Wildman–Crippen LogP) is 3.29. The molecule has 2 aliphatic heterocycles. The zero-order valence-corrected chi connectivity index (χ0v) is 16.0. The van der Waals surface area contributed by atoms with Crippen molar-refractivity contribution in [3.05, 3.63) is 59.7 Å². The summed E-state index contributed by atoms with van der Waals surface area (Å²) in [7, 11) is -3.80. The normalized spacial score (nSPS) is 21.8. The van der Waals surface area contributed by atoms with Crippen LogP contribution < -0.4 is 5.32 Å². The maximum absolute atomic E-state index is 12.8. The van der Waals surface area contributed by atoms with Gasteiger partial charge in [0.15, 0.2) is 0 Å². The molecular formula is C19H18F3N3O3S. The van der Waals surface area contributed by atoms with E-state index in [4.69, 9.17) is 4.74 Å². The first-order chi connectivity index (χ1) is 13.7. The van der Waals surface area contributed by atoms with Crippen molar-refractivity contribution in [1.82, 2.24) is 4.90 Å². The van der Waals surface area contributed by atoms with E-state index in [-0.39, 0.29) is 23.3 Å². The highest BCUT2D eigenvalue weighted by Crippen LogP contribution is 2.32. The van der Waals surface area contributed by atoms with Crippen molar-refractivity contribution in [3.63, 3.8) is 0 Å². The summed E-state index contributed by atoms with van der Waals surface area (Å²) in [6.07, 6.45) is -4.40. The van der Waals surface area contributed by atoms with Crippen LogP contribution in [0.1, 0.15) is 17.2 Å². The van der Waals surface area contributed by atoms with Gasteiger partial charge >= 0.3 is 6.18 Å². The van der Waals surface area contributed by atoms with Crippen LogP contribution in [0.25, 0.3) is 0 Å². The molecule has 1 saturated heterocycles. The molecule has 1 fully saturated rings. The van der Waals surface area contributed by atoms with Crippen LogP contribution in [-0.2, 0) is 20.9 Å². The Kier molecular flexibility index (Phi) is 5.09. The highest BCUT2D eigenvalue weighted by molar-refractivity contribution is 7.90. The van der Waals surface area contributed by atoms with Crippen LogP contribution in [0.15, 0.2) is 57.8 Å². The predicted molar refractivity (Wildman–Crippen MR) is 101 cm³/mol.